The van der Waals surface area contributed by atoms with Crippen molar-refractivity contribution < 1.29 is 4.92 Å². The summed E-state index contributed by atoms with van der Waals surface area (Å²) >= 11 is 5.96. The predicted octanol–water partition coefficient (Wildman–Crippen LogP) is 3.10. The molecule has 0 aliphatic heterocycles. The van der Waals surface area contributed by atoms with Gasteiger partial charge in [0, 0.05) is 34.1 Å². The second-order valence-corrected chi connectivity index (χ2v) is 4.71. The van der Waals surface area contributed by atoms with E-state index in [0.717, 1.165) is 11.4 Å². The molecule has 0 aliphatic rings. The fourth-order valence-corrected chi connectivity index (χ4v) is 1.85. The van der Waals surface area contributed by atoms with Gasteiger partial charge in [-0.25, -0.2) is 15.4 Å². The summed E-state index contributed by atoms with van der Waals surface area (Å²) in [4.78, 5) is 18.5. The highest BCUT2D eigenvalue weighted by atomic mass is 35.5. The topological polar surface area (TPSA) is 93.3 Å². The first-order valence-electron chi connectivity index (χ1n) is 6.01. The van der Waals surface area contributed by atoms with Crippen LogP contribution in [0.2, 0.25) is 5.02 Å². The van der Waals surface area contributed by atoms with Gasteiger partial charge in [0.1, 0.15) is 0 Å². The molecule has 0 saturated carbocycles. The van der Waals surface area contributed by atoms with Gasteiger partial charge in [-0.2, -0.15) is 5.10 Å². The zero-order valence-electron chi connectivity index (χ0n) is 11.4. The van der Waals surface area contributed by atoms with Crippen molar-refractivity contribution in [3.8, 4) is 0 Å². The maximum atomic E-state index is 10.7. The molecule has 0 radical (unpaired) electrons. The van der Waals surface area contributed by atoms with Crippen LogP contribution in [-0.4, -0.2) is 21.1 Å². The average molecular weight is 306 g/mol. The van der Waals surface area contributed by atoms with E-state index in [1.807, 2.05) is 19.9 Å². The highest BCUT2D eigenvalue weighted by Crippen LogP contribution is 2.20. The van der Waals surface area contributed by atoms with E-state index in [-0.39, 0.29) is 5.69 Å². The van der Waals surface area contributed by atoms with Crippen molar-refractivity contribution in [1.29, 1.82) is 0 Å². The van der Waals surface area contributed by atoms with E-state index in [9.17, 15) is 10.1 Å². The third kappa shape index (κ3) is 3.96. The molecule has 2 aromatic rings. The maximum absolute atomic E-state index is 10.7. The molecular weight excluding hydrogens is 294 g/mol. The van der Waals surface area contributed by atoms with Crippen LogP contribution in [-0.2, 0) is 0 Å². The Hall–Kier alpha value is -2.54. The first kappa shape index (κ1) is 14.9. The van der Waals surface area contributed by atoms with E-state index in [1.54, 1.807) is 0 Å². The van der Waals surface area contributed by atoms with Crippen LogP contribution in [0.15, 0.2) is 29.4 Å². The summed E-state index contributed by atoms with van der Waals surface area (Å²) in [7, 11) is 0. The van der Waals surface area contributed by atoms with Crippen LogP contribution in [0, 0.1) is 24.0 Å². The summed E-state index contributed by atoms with van der Waals surface area (Å²) in [5, 5.41) is 15.0. The Balaban J connectivity index is 2.17. The van der Waals surface area contributed by atoms with Gasteiger partial charge < -0.3 is 0 Å². The zero-order chi connectivity index (χ0) is 15.4. The summed E-state index contributed by atoms with van der Waals surface area (Å²) in [5.41, 5.74) is 4.68. The van der Waals surface area contributed by atoms with Gasteiger partial charge in [-0.1, -0.05) is 11.6 Å². The number of hydrogen-bond acceptors (Lipinski definition) is 6. The van der Waals surface area contributed by atoms with Gasteiger partial charge in [0.05, 0.1) is 11.1 Å². The number of hydrogen-bond donors (Lipinski definition) is 1. The Morgan fingerprint density at radius 2 is 1.95 bits per heavy atom. The number of aromatic nitrogens is 2. The van der Waals surface area contributed by atoms with Crippen molar-refractivity contribution in [2.45, 2.75) is 13.8 Å². The Labute approximate surface area is 125 Å². The number of nitrogens with one attached hydrogen (secondary N) is 1. The van der Waals surface area contributed by atoms with E-state index in [1.165, 1.54) is 24.4 Å². The number of nitrogens with zero attached hydrogens (tertiary/aromatic N) is 4. The summed E-state index contributed by atoms with van der Waals surface area (Å²) in [5.74, 6) is 0.352. The Morgan fingerprint density at radius 3 is 2.57 bits per heavy atom. The van der Waals surface area contributed by atoms with Crippen molar-refractivity contribution >= 4 is 29.5 Å². The molecule has 0 aliphatic carbocycles. The highest BCUT2D eigenvalue weighted by Gasteiger charge is 2.08. The number of aryl methyl sites for hydroxylation is 2. The lowest BCUT2D eigenvalue weighted by atomic mass is 10.2. The molecule has 1 aromatic carbocycles. The molecule has 0 saturated heterocycles. The fraction of sp³-hybridized carbons (Fsp3) is 0.154. The minimum Gasteiger partial charge on any atom is -0.258 e. The molecule has 0 atom stereocenters. The fourth-order valence-electron chi connectivity index (χ4n) is 1.68. The highest BCUT2D eigenvalue weighted by molar-refractivity contribution is 6.33. The number of halogens is 1. The smallest absolute Gasteiger partial charge is 0.258 e. The molecule has 1 aromatic heterocycles. The molecular formula is C13H12ClN5O2. The normalized spacial score (nSPS) is 10.8. The molecule has 108 valence electrons. The SMILES string of the molecule is Cc1cc(C)nc(NN=Cc2cc([N+](=O)[O-])ccc2Cl)n1. The van der Waals surface area contributed by atoms with Gasteiger partial charge in [0.2, 0.25) is 5.95 Å². The van der Waals surface area contributed by atoms with Gasteiger partial charge >= 0.3 is 0 Å². The molecule has 1 N–H and O–H groups in total. The molecule has 21 heavy (non-hydrogen) atoms. The molecule has 8 heteroatoms. The quantitative estimate of drug-likeness (QED) is 0.532. The minimum absolute atomic E-state index is 0.0523. The lowest BCUT2D eigenvalue weighted by Crippen LogP contribution is -2.00. The van der Waals surface area contributed by atoms with Crippen LogP contribution in [0.25, 0.3) is 0 Å². The second-order valence-electron chi connectivity index (χ2n) is 4.31. The number of rotatable bonds is 4. The number of benzene rings is 1. The maximum Gasteiger partial charge on any atom is 0.270 e. The van der Waals surface area contributed by atoms with E-state index >= 15 is 0 Å². The van der Waals surface area contributed by atoms with Crippen LogP contribution < -0.4 is 5.43 Å². The van der Waals surface area contributed by atoms with Crippen LogP contribution >= 0.6 is 11.6 Å². The summed E-state index contributed by atoms with van der Waals surface area (Å²) in [6, 6.07) is 5.97. The first-order valence-corrected chi connectivity index (χ1v) is 6.39. The van der Waals surface area contributed by atoms with E-state index in [2.05, 4.69) is 20.5 Å². The van der Waals surface area contributed by atoms with Crippen LogP contribution in [0.4, 0.5) is 11.6 Å². The van der Waals surface area contributed by atoms with Crippen LogP contribution in [0.3, 0.4) is 0 Å². The van der Waals surface area contributed by atoms with Crippen LogP contribution in [0.5, 0.6) is 0 Å². The molecule has 0 spiro atoms. The number of nitro benzene ring substituents is 1. The number of non-ortho nitro benzene ring substituents is 1. The summed E-state index contributed by atoms with van der Waals surface area (Å²) in [6.07, 6.45) is 1.39. The first-order chi connectivity index (χ1) is 9.95. The average Bonchev–Trinajstić information content (AvgIpc) is 2.39. The van der Waals surface area contributed by atoms with Crippen molar-refractivity contribution in [3.63, 3.8) is 0 Å². The van der Waals surface area contributed by atoms with Gasteiger partial charge in [0.25, 0.3) is 5.69 Å². The lowest BCUT2D eigenvalue weighted by molar-refractivity contribution is -0.384. The monoisotopic (exact) mass is 305 g/mol. The minimum atomic E-state index is -0.492. The molecule has 7 nitrogen and oxygen atoms in total. The van der Waals surface area contributed by atoms with E-state index in [4.69, 9.17) is 11.6 Å². The lowest BCUT2D eigenvalue weighted by Gasteiger charge is -2.02. The largest absolute Gasteiger partial charge is 0.270 e. The Kier molecular flexibility index (Phi) is 4.44. The van der Waals surface area contributed by atoms with E-state index in [0.29, 0.717) is 16.5 Å². The molecule has 0 amide bonds. The number of anilines is 1. The van der Waals surface area contributed by atoms with Crippen molar-refractivity contribution in [2.24, 2.45) is 5.10 Å². The van der Waals surface area contributed by atoms with Gasteiger partial charge in [-0.05, 0) is 26.0 Å². The molecule has 1 heterocycles. The molecule has 0 bridgehead atoms. The molecule has 0 unspecified atom stereocenters. The standard InChI is InChI=1S/C13H12ClN5O2/c1-8-5-9(2)17-13(16-8)18-15-7-10-6-11(19(20)21)3-4-12(10)14/h3-7H,1-2H3,(H,16,17,18). The van der Waals surface area contributed by atoms with Gasteiger partial charge in [-0.15, -0.1) is 0 Å². The van der Waals surface area contributed by atoms with Crippen molar-refractivity contribution in [2.75, 3.05) is 5.43 Å². The Morgan fingerprint density at radius 1 is 1.29 bits per heavy atom. The summed E-state index contributed by atoms with van der Waals surface area (Å²) in [6.45, 7) is 3.70. The third-order valence-electron chi connectivity index (χ3n) is 2.54. The van der Waals surface area contributed by atoms with Crippen molar-refractivity contribution in [3.05, 3.63) is 56.4 Å². The third-order valence-corrected chi connectivity index (χ3v) is 2.89. The van der Waals surface area contributed by atoms with E-state index < -0.39 is 4.92 Å². The molecule has 0 fully saturated rings. The van der Waals surface area contributed by atoms with Gasteiger partial charge in [-0.3, -0.25) is 10.1 Å². The second kappa shape index (κ2) is 6.27. The number of hydrazone groups is 1. The Bertz CT molecular complexity index is 697. The van der Waals surface area contributed by atoms with Crippen molar-refractivity contribution in [1.82, 2.24) is 9.97 Å². The number of nitro groups is 1. The molecule has 2 rings (SSSR count). The summed E-state index contributed by atoms with van der Waals surface area (Å²) < 4.78 is 0. The van der Waals surface area contributed by atoms with Crippen LogP contribution in [0.1, 0.15) is 17.0 Å². The predicted molar refractivity (Wildman–Crippen MR) is 80.8 cm³/mol. The zero-order valence-corrected chi connectivity index (χ0v) is 12.1. The van der Waals surface area contributed by atoms with Gasteiger partial charge in [0.15, 0.2) is 0 Å².